The van der Waals surface area contributed by atoms with Gasteiger partial charge in [-0.2, -0.15) is 0 Å². The standard InChI is InChI=1S/C22H25N5O7S2/c1-5-7-13-9-35-20-16(19(30)27(20)17(13)21(31)34-12(4)33-11(3)28)25-18(29)15(26-32-8-6-2)14-10-36-22(23)24-14/h5-7,10,12,16,20H,2,8-9H2,1,3-4H3,(H2,23,24)(H,25,29)/b7-5-,26-15-/t12?,16-,20+/m1/s1. The number of esters is 2. The minimum atomic E-state index is -1.14. The van der Waals surface area contributed by atoms with Crippen molar-refractivity contribution in [3.8, 4) is 0 Å². The molecule has 0 aromatic carbocycles. The molecule has 0 bridgehead atoms. The highest BCUT2D eigenvalue weighted by Gasteiger charge is 2.54. The average molecular weight is 536 g/mol. The van der Waals surface area contributed by atoms with Gasteiger partial charge in [0.2, 0.25) is 6.29 Å². The number of nitrogen functional groups attached to an aromatic ring is 1. The number of rotatable bonds is 10. The molecule has 1 saturated heterocycles. The van der Waals surface area contributed by atoms with E-state index in [1.54, 1.807) is 24.5 Å². The second kappa shape index (κ2) is 11.9. The van der Waals surface area contributed by atoms with Crippen LogP contribution in [0.1, 0.15) is 26.5 Å². The maximum atomic E-state index is 13.1. The van der Waals surface area contributed by atoms with Gasteiger partial charge < -0.3 is 25.4 Å². The molecule has 2 aliphatic rings. The van der Waals surface area contributed by atoms with Crippen LogP contribution in [0.15, 0.2) is 46.6 Å². The zero-order chi connectivity index (χ0) is 26.4. The van der Waals surface area contributed by atoms with Crippen molar-refractivity contribution in [2.45, 2.75) is 38.5 Å². The second-order valence-electron chi connectivity index (χ2n) is 7.41. The number of nitrogens with one attached hydrogen (secondary N) is 1. The first-order valence-electron chi connectivity index (χ1n) is 10.7. The number of fused-ring (bicyclic) bond motifs is 1. The number of anilines is 1. The average Bonchev–Trinajstić information content (AvgIpc) is 3.25. The van der Waals surface area contributed by atoms with Gasteiger partial charge in [-0.15, -0.1) is 23.1 Å². The number of carbonyl (C=O) groups is 4. The van der Waals surface area contributed by atoms with Crippen molar-refractivity contribution in [1.29, 1.82) is 0 Å². The second-order valence-corrected chi connectivity index (χ2v) is 9.41. The van der Waals surface area contributed by atoms with Crippen LogP contribution >= 0.6 is 23.1 Å². The predicted octanol–water partition coefficient (Wildman–Crippen LogP) is 1.31. The number of ether oxygens (including phenoxy) is 2. The predicted molar refractivity (Wildman–Crippen MR) is 133 cm³/mol. The fourth-order valence-corrected chi connectivity index (χ4v) is 5.26. The molecule has 3 atom stereocenters. The number of thiazole rings is 1. The molecule has 1 aromatic heterocycles. The van der Waals surface area contributed by atoms with Crippen molar-refractivity contribution in [2.75, 3.05) is 18.1 Å². The number of hydrogen-bond donors (Lipinski definition) is 2. The molecule has 3 heterocycles. The lowest BCUT2D eigenvalue weighted by Gasteiger charge is -2.49. The summed E-state index contributed by atoms with van der Waals surface area (Å²) in [5.41, 5.74) is 6.31. The monoisotopic (exact) mass is 535 g/mol. The van der Waals surface area contributed by atoms with E-state index in [4.69, 9.17) is 20.0 Å². The Hall–Kier alpha value is -3.65. The fraction of sp³-hybridized carbons (Fsp3) is 0.364. The first-order valence-corrected chi connectivity index (χ1v) is 12.6. The Morgan fingerprint density at radius 2 is 2.17 bits per heavy atom. The van der Waals surface area contributed by atoms with Crippen LogP contribution in [0.25, 0.3) is 0 Å². The van der Waals surface area contributed by atoms with E-state index in [1.165, 1.54) is 36.6 Å². The third kappa shape index (κ3) is 5.94. The Balaban J connectivity index is 1.80. The van der Waals surface area contributed by atoms with E-state index in [0.717, 1.165) is 11.3 Å². The lowest BCUT2D eigenvalue weighted by Crippen LogP contribution is -2.71. The van der Waals surface area contributed by atoms with Gasteiger partial charge in [-0.05, 0) is 12.5 Å². The zero-order valence-corrected chi connectivity index (χ0v) is 21.4. The van der Waals surface area contributed by atoms with Crippen molar-refractivity contribution in [3.63, 3.8) is 0 Å². The lowest BCUT2D eigenvalue weighted by molar-refractivity contribution is -0.182. The highest BCUT2D eigenvalue weighted by molar-refractivity contribution is 8.00. The molecule has 0 radical (unpaired) electrons. The Labute approximate surface area is 215 Å². The zero-order valence-electron chi connectivity index (χ0n) is 19.8. The highest BCUT2D eigenvalue weighted by Crippen LogP contribution is 2.41. The van der Waals surface area contributed by atoms with Crippen LogP contribution in [0, 0.1) is 0 Å². The third-order valence-corrected chi connectivity index (χ3v) is 6.75. The molecule has 0 aliphatic carbocycles. The number of carbonyl (C=O) groups excluding carboxylic acids is 4. The SMILES string of the molecule is C=CCO/N=C(\C(=O)N[C@@H]1C(=O)N2C(C(=O)OC(C)OC(C)=O)=C(/C=C\C)CS[C@@H]12)c1csc(N)n1. The minimum absolute atomic E-state index is 0.0295. The van der Waals surface area contributed by atoms with Crippen molar-refractivity contribution < 1.29 is 33.5 Å². The quantitative estimate of drug-likeness (QED) is 0.0849. The van der Waals surface area contributed by atoms with Crippen LogP contribution in [-0.4, -0.2) is 69.4 Å². The normalized spacial score (nSPS) is 20.4. The van der Waals surface area contributed by atoms with Crippen LogP contribution in [-0.2, 0) is 33.5 Å². The molecule has 0 spiro atoms. The molecule has 36 heavy (non-hydrogen) atoms. The molecule has 3 rings (SSSR count). The van der Waals surface area contributed by atoms with E-state index in [1.807, 2.05) is 0 Å². The number of allylic oxidation sites excluding steroid dienone is 2. The molecular formula is C22H25N5O7S2. The molecule has 1 aromatic rings. The number of thioether (sulfide) groups is 1. The van der Waals surface area contributed by atoms with Crippen molar-refractivity contribution in [1.82, 2.24) is 15.2 Å². The number of oxime groups is 1. The van der Waals surface area contributed by atoms with Crippen molar-refractivity contribution in [2.24, 2.45) is 5.16 Å². The summed E-state index contributed by atoms with van der Waals surface area (Å²) in [4.78, 5) is 60.6. The molecule has 1 fully saturated rings. The third-order valence-electron chi connectivity index (χ3n) is 4.78. The Morgan fingerprint density at radius 1 is 1.42 bits per heavy atom. The summed E-state index contributed by atoms with van der Waals surface area (Å²) in [5, 5.41) is 7.68. The number of β-lactam (4-membered cyclic amide) rings is 1. The number of nitrogens with two attached hydrogens (primary N) is 1. The summed E-state index contributed by atoms with van der Waals surface area (Å²) >= 11 is 2.49. The van der Waals surface area contributed by atoms with Crippen LogP contribution in [0.2, 0.25) is 0 Å². The Morgan fingerprint density at radius 3 is 2.78 bits per heavy atom. The highest BCUT2D eigenvalue weighted by atomic mass is 32.2. The van der Waals surface area contributed by atoms with Crippen molar-refractivity contribution in [3.05, 3.63) is 47.2 Å². The van der Waals surface area contributed by atoms with Crippen molar-refractivity contribution >= 4 is 57.7 Å². The molecule has 0 saturated carbocycles. The minimum Gasteiger partial charge on any atom is -0.426 e. The first-order chi connectivity index (χ1) is 17.2. The summed E-state index contributed by atoms with van der Waals surface area (Å²) < 4.78 is 10.1. The van der Waals surface area contributed by atoms with Gasteiger partial charge in [0, 0.05) is 25.0 Å². The van der Waals surface area contributed by atoms with E-state index < -0.39 is 41.5 Å². The Kier molecular flexibility index (Phi) is 8.88. The van der Waals surface area contributed by atoms with Gasteiger partial charge in [-0.25, -0.2) is 9.78 Å². The van der Waals surface area contributed by atoms with E-state index in [2.05, 4.69) is 22.0 Å². The van der Waals surface area contributed by atoms with Gasteiger partial charge in [0.1, 0.15) is 29.4 Å². The first kappa shape index (κ1) is 26.9. The van der Waals surface area contributed by atoms with Gasteiger partial charge >= 0.3 is 11.9 Å². The van der Waals surface area contributed by atoms with Gasteiger partial charge in [0.25, 0.3) is 11.8 Å². The number of nitrogens with zero attached hydrogens (tertiary/aromatic N) is 3. The molecule has 14 heteroatoms. The maximum Gasteiger partial charge on any atom is 0.358 e. The Bertz CT molecular complexity index is 1160. The summed E-state index contributed by atoms with van der Waals surface area (Å²) in [6.45, 7) is 7.94. The van der Waals surface area contributed by atoms with Gasteiger partial charge in [0.05, 0.1) is 0 Å². The van der Waals surface area contributed by atoms with E-state index >= 15 is 0 Å². The van der Waals surface area contributed by atoms with Crippen LogP contribution in [0.4, 0.5) is 5.13 Å². The largest absolute Gasteiger partial charge is 0.426 e. The van der Waals surface area contributed by atoms with Gasteiger partial charge in [0.15, 0.2) is 10.8 Å². The van der Waals surface area contributed by atoms with E-state index in [-0.39, 0.29) is 28.8 Å². The molecular weight excluding hydrogens is 510 g/mol. The summed E-state index contributed by atoms with van der Waals surface area (Å²) in [5.74, 6) is -2.27. The number of aromatic nitrogens is 1. The number of hydrogen-bond acceptors (Lipinski definition) is 12. The molecule has 192 valence electrons. The van der Waals surface area contributed by atoms with Crippen LogP contribution in [0.5, 0.6) is 0 Å². The van der Waals surface area contributed by atoms with Gasteiger partial charge in [-0.1, -0.05) is 30.0 Å². The van der Waals surface area contributed by atoms with Crippen LogP contribution in [0.3, 0.4) is 0 Å². The topological polar surface area (TPSA) is 163 Å². The van der Waals surface area contributed by atoms with E-state index in [9.17, 15) is 19.2 Å². The van der Waals surface area contributed by atoms with Gasteiger partial charge in [-0.3, -0.25) is 19.3 Å². The lowest BCUT2D eigenvalue weighted by atomic mass is 10.0. The molecule has 1 unspecified atom stereocenters. The summed E-state index contributed by atoms with van der Waals surface area (Å²) in [7, 11) is 0. The molecule has 12 nitrogen and oxygen atoms in total. The smallest absolute Gasteiger partial charge is 0.358 e. The maximum absolute atomic E-state index is 13.1. The molecule has 2 aliphatic heterocycles. The molecule has 3 N–H and O–H groups in total. The fourth-order valence-electron chi connectivity index (χ4n) is 3.39. The van der Waals surface area contributed by atoms with Crippen LogP contribution < -0.4 is 11.1 Å². The summed E-state index contributed by atoms with van der Waals surface area (Å²) in [6, 6.07) is -0.941. The molecule has 2 amide bonds. The number of amides is 2. The summed E-state index contributed by atoms with van der Waals surface area (Å²) in [6.07, 6.45) is 3.74. The van der Waals surface area contributed by atoms with E-state index in [0.29, 0.717) is 11.3 Å².